The van der Waals surface area contributed by atoms with E-state index in [-0.39, 0.29) is 0 Å². The Balaban J connectivity index is 1.86. The molecule has 0 atom stereocenters. The highest BCUT2D eigenvalue weighted by Gasteiger charge is 2.22. The van der Waals surface area contributed by atoms with Gasteiger partial charge in [-0.25, -0.2) is 0 Å². The number of rotatable bonds is 5. The molecular weight excluding hydrogens is 242 g/mol. The molecular formula is C14H17N3O2. The van der Waals surface area contributed by atoms with Crippen molar-refractivity contribution in [1.82, 2.24) is 10.2 Å². The van der Waals surface area contributed by atoms with Crippen LogP contribution in [-0.4, -0.2) is 23.9 Å². The van der Waals surface area contributed by atoms with Gasteiger partial charge in [0.2, 0.25) is 0 Å². The first kappa shape index (κ1) is 11.9. The first-order valence-corrected chi connectivity index (χ1v) is 6.38. The van der Waals surface area contributed by atoms with Crippen molar-refractivity contribution in [2.75, 3.05) is 19.5 Å². The molecule has 3 rings (SSSR count). The highest BCUT2D eigenvalue weighted by molar-refractivity contribution is 5.65. The summed E-state index contributed by atoms with van der Waals surface area (Å²) in [5.41, 5.74) is 7.47. The van der Waals surface area contributed by atoms with Gasteiger partial charge in [-0.2, -0.15) is 5.10 Å². The van der Waals surface area contributed by atoms with Gasteiger partial charge in [-0.05, 0) is 37.0 Å². The molecule has 1 aromatic carbocycles. The number of nitrogens with zero attached hydrogens (tertiary/aromatic N) is 1. The van der Waals surface area contributed by atoms with E-state index < -0.39 is 0 Å². The highest BCUT2D eigenvalue weighted by Crippen LogP contribution is 2.35. The van der Waals surface area contributed by atoms with E-state index in [1.807, 2.05) is 18.2 Å². The van der Waals surface area contributed by atoms with E-state index in [1.165, 1.54) is 12.8 Å². The lowest BCUT2D eigenvalue weighted by Crippen LogP contribution is -2.01. The lowest BCUT2D eigenvalue weighted by Gasteiger charge is -2.11. The lowest BCUT2D eigenvalue weighted by atomic mass is 10.1. The van der Waals surface area contributed by atoms with Crippen LogP contribution in [0.4, 0.5) is 5.82 Å². The molecule has 0 aliphatic heterocycles. The second-order valence-electron chi connectivity index (χ2n) is 4.83. The molecule has 0 radical (unpaired) electrons. The molecule has 0 bridgehead atoms. The standard InChI is InChI=1S/C14H17N3O2/c1-18-12-5-4-10(11-7-14(15)17-16-11)6-13(12)19-8-9-2-3-9/h4-7,9H,2-3,8H2,1H3,(H3,15,16,17). The van der Waals surface area contributed by atoms with Crippen LogP contribution >= 0.6 is 0 Å². The molecule has 1 saturated carbocycles. The van der Waals surface area contributed by atoms with Crippen LogP contribution in [0.2, 0.25) is 0 Å². The van der Waals surface area contributed by atoms with E-state index in [9.17, 15) is 0 Å². The minimum Gasteiger partial charge on any atom is -0.493 e. The van der Waals surface area contributed by atoms with Crippen LogP contribution in [0.25, 0.3) is 11.3 Å². The van der Waals surface area contributed by atoms with E-state index >= 15 is 0 Å². The topological polar surface area (TPSA) is 73.2 Å². The zero-order valence-corrected chi connectivity index (χ0v) is 10.8. The summed E-state index contributed by atoms with van der Waals surface area (Å²) in [6, 6.07) is 7.60. The number of aromatic amines is 1. The van der Waals surface area contributed by atoms with Crippen LogP contribution in [0, 0.1) is 5.92 Å². The number of ether oxygens (including phenoxy) is 2. The summed E-state index contributed by atoms with van der Waals surface area (Å²) in [5.74, 6) is 2.69. The predicted molar refractivity (Wildman–Crippen MR) is 73.2 cm³/mol. The molecule has 0 unspecified atom stereocenters. The molecule has 5 heteroatoms. The molecule has 1 aliphatic carbocycles. The maximum atomic E-state index is 5.83. The fourth-order valence-corrected chi connectivity index (χ4v) is 1.93. The summed E-state index contributed by atoms with van der Waals surface area (Å²) in [7, 11) is 1.65. The smallest absolute Gasteiger partial charge is 0.161 e. The Kier molecular flexibility index (Phi) is 3.03. The van der Waals surface area contributed by atoms with Crippen molar-refractivity contribution in [3.8, 4) is 22.8 Å². The Bertz CT molecular complexity index is 576. The van der Waals surface area contributed by atoms with Crippen molar-refractivity contribution in [3.63, 3.8) is 0 Å². The Morgan fingerprint density at radius 3 is 2.79 bits per heavy atom. The fourth-order valence-electron chi connectivity index (χ4n) is 1.93. The van der Waals surface area contributed by atoms with Gasteiger partial charge in [-0.15, -0.1) is 0 Å². The Morgan fingerprint density at radius 1 is 1.32 bits per heavy atom. The number of aromatic nitrogens is 2. The number of nitrogens with two attached hydrogens (primary N) is 1. The van der Waals surface area contributed by atoms with Gasteiger partial charge in [0.15, 0.2) is 11.5 Å². The summed E-state index contributed by atoms with van der Waals surface area (Å²) in [6.45, 7) is 0.755. The van der Waals surface area contributed by atoms with Gasteiger partial charge in [0.25, 0.3) is 0 Å². The molecule has 1 heterocycles. The van der Waals surface area contributed by atoms with Crippen LogP contribution in [-0.2, 0) is 0 Å². The number of benzene rings is 1. The van der Waals surface area contributed by atoms with Gasteiger partial charge in [0, 0.05) is 11.6 Å². The fraction of sp³-hybridized carbons (Fsp3) is 0.357. The average molecular weight is 259 g/mol. The highest BCUT2D eigenvalue weighted by atomic mass is 16.5. The number of hydrogen-bond acceptors (Lipinski definition) is 4. The Morgan fingerprint density at radius 2 is 2.16 bits per heavy atom. The number of methoxy groups -OCH3 is 1. The minimum absolute atomic E-state index is 0.478. The van der Waals surface area contributed by atoms with Gasteiger partial charge in [0.05, 0.1) is 19.4 Å². The molecule has 0 spiro atoms. The quantitative estimate of drug-likeness (QED) is 0.865. The molecule has 3 N–H and O–H groups in total. The monoisotopic (exact) mass is 259 g/mol. The van der Waals surface area contributed by atoms with Crippen LogP contribution in [0.5, 0.6) is 11.5 Å². The Labute approximate surface area is 111 Å². The van der Waals surface area contributed by atoms with Crippen molar-refractivity contribution in [2.24, 2.45) is 5.92 Å². The molecule has 1 fully saturated rings. The molecule has 19 heavy (non-hydrogen) atoms. The van der Waals surface area contributed by atoms with Crippen LogP contribution in [0.15, 0.2) is 24.3 Å². The van der Waals surface area contributed by atoms with E-state index in [1.54, 1.807) is 13.2 Å². The largest absolute Gasteiger partial charge is 0.493 e. The van der Waals surface area contributed by atoms with Gasteiger partial charge in [-0.1, -0.05) is 0 Å². The normalized spacial score (nSPS) is 14.4. The third-order valence-corrected chi connectivity index (χ3v) is 3.24. The minimum atomic E-state index is 0.478. The number of hydrogen-bond donors (Lipinski definition) is 2. The van der Waals surface area contributed by atoms with Crippen LogP contribution in [0.1, 0.15) is 12.8 Å². The third kappa shape index (κ3) is 2.65. The SMILES string of the molecule is COc1ccc(-c2cc(N)n[nH]2)cc1OCC1CC1. The summed E-state index contributed by atoms with van der Waals surface area (Å²) in [5, 5.41) is 6.82. The average Bonchev–Trinajstić information content (AvgIpc) is 3.16. The first-order valence-electron chi connectivity index (χ1n) is 6.38. The molecule has 0 saturated heterocycles. The molecule has 1 aliphatic rings. The molecule has 0 amide bonds. The third-order valence-electron chi connectivity index (χ3n) is 3.24. The zero-order valence-electron chi connectivity index (χ0n) is 10.8. The molecule has 2 aromatic rings. The predicted octanol–water partition coefficient (Wildman–Crippen LogP) is 2.46. The van der Waals surface area contributed by atoms with E-state index in [2.05, 4.69) is 10.2 Å². The summed E-state index contributed by atoms with van der Waals surface area (Å²) < 4.78 is 11.1. The number of anilines is 1. The van der Waals surface area contributed by atoms with Crippen molar-refractivity contribution >= 4 is 5.82 Å². The van der Waals surface area contributed by atoms with Gasteiger partial charge < -0.3 is 15.2 Å². The second-order valence-corrected chi connectivity index (χ2v) is 4.83. The van der Waals surface area contributed by atoms with Crippen LogP contribution in [0.3, 0.4) is 0 Å². The summed E-state index contributed by atoms with van der Waals surface area (Å²) in [4.78, 5) is 0. The van der Waals surface area contributed by atoms with Crippen molar-refractivity contribution in [1.29, 1.82) is 0 Å². The number of nitrogens with one attached hydrogen (secondary N) is 1. The molecule has 1 aromatic heterocycles. The maximum Gasteiger partial charge on any atom is 0.161 e. The molecule has 5 nitrogen and oxygen atoms in total. The first-order chi connectivity index (χ1) is 9.26. The number of nitrogen functional groups attached to an aromatic ring is 1. The molecule has 100 valence electrons. The Hall–Kier alpha value is -2.17. The van der Waals surface area contributed by atoms with Crippen molar-refractivity contribution < 1.29 is 9.47 Å². The number of H-pyrrole nitrogens is 1. The summed E-state index contributed by atoms with van der Waals surface area (Å²) in [6.07, 6.45) is 2.53. The van der Waals surface area contributed by atoms with Crippen molar-refractivity contribution in [2.45, 2.75) is 12.8 Å². The zero-order chi connectivity index (χ0) is 13.2. The van der Waals surface area contributed by atoms with E-state index in [4.69, 9.17) is 15.2 Å². The van der Waals surface area contributed by atoms with Gasteiger partial charge >= 0.3 is 0 Å². The van der Waals surface area contributed by atoms with Gasteiger partial charge in [-0.3, -0.25) is 5.10 Å². The van der Waals surface area contributed by atoms with Gasteiger partial charge in [0.1, 0.15) is 5.82 Å². The lowest BCUT2D eigenvalue weighted by molar-refractivity contribution is 0.280. The maximum absolute atomic E-state index is 5.83. The van der Waals surface area contributed by atoms with Crippen molar-refractivity contribution in [3.05, 3.63) is 24.3 Å². The summed E-state index contributed by atoms with van der Waals surface area (Å²) >= 11 is 0. The second kappa shape index (κ2) is 4.84. The van der Waals surface area contributed by atoms with Crippen LogP contribution < -0.4 is 15.2 Å². The van der Waals surface area contributed by atoms with E-state index in [0.717, 1.165) is 29.4 Å². The van der Waals surface area contributed by atoms with E-state index in [0.29, 0.717) is 11.7 Å².